The summed E-state index contributed by atoms with van der Waals surface area (Å²) >= 11 is 24.0. The molecule has 0 aromatic heterocycles. The fourth-order valence-corrected chi connectivity index (χ4v) is 4.86. The van der Waals surface area contributed by atoms with Gasteiger partial charge in [-0.3, -0.25) is 9.10 Å². The molecule has 24 heavy (non-hydrogen) atoms. The van der Waals surface area contributed by atoms with Gasteiger partial charge in [0.2, 0.25) is 5.91 Å². The molecule has 128 valence electrons. The van der Waals surface area contributed by atoms with Gasteiger partial charge in [-0.1, -0.05) is 52.5 Å². The number of primary amides is 1. The average Bonchev–Trinajstić information content (AvgIpc) is 2.48. The van der Waals surface area contributed by atoms with E-state index >= 15 is 0 Å². The van der Waals surface area contributed by atoms with Crippen molar-refractivity contribution in [2.24, 2.45) is 5.73 Å². The van der Waals surface area contributed by atoms with Crippen molar-refractivity contribution in [3.8, 4) is 0 Å². The second kappa shape index (κ2) is 7.37. The summed E-state index contributed by atoms with van der Waals surface area (Å²) in [6.45, 7) is -0.672. The van der Waals surface area contributed by atoms with E-state index in [0.717, 1.165) is 6.07 Å². The van der Waals surface area contributed by atoms with Crippen LogP contribution in [0.1, 0.15) is 0 Å². The van der Waals surface area contributed by atoms with Crippen LogP contribution in [-0.4, -0.2) is 20.9 Å². The maximum atomic E-state index is 13.0. The molecule has 0 saturated heterocycles. The largest absolute Gasteiger partial charge is 0.368 e. The van der Waals surface area contributed by atoms with Gasteiger partial charge in [0.1, 0.15) is 11.4 Å². The number of benzene rings is 2. The van der Waals surface area contributed by atoms with Crippen LogP contribution in [-0.2, 0) is 14.8 Å². The average molecular weight is 428 g/mol. The number of amides is 1. The van der Waals surface area contributed by atoms with E-state index in [0.29, 0.717) is 4.31 Å². The summed E-state index contributed by atoms with van der Waals surface area (Å²) in [6.07, 6.45) is 0. The van der Waals surface area contributed by atoms with E-state index in [1.165, 1.54) is 30.3 Å². The normalized spacial score (nSPS) is 11.3. The van der Waals surface area contributed by atoms with Crippen LogP contribution in [0.15, 0.2) is 41.3 Å². The first-order valence-corrected chi connectivity index (χ1v) is 9.30. The minimum atomic E-state index is -4.30. The Morgan fingerprint density at radius 1 is 1.00 bits per heavy atom. The van der Waals surface area contributed by atoms with Crippen LogP contribution in [0.25, 0.3) is 0 Å². The molecule has 0 radical (unpaired) electrons. The molecule has 2 rings (SSSR count). The van der Waals surface area contributed by atoms with Crippen LogP contribution in [0.5, 0.6) is 0 Å². The lowest BCUT2D eigenvalue weighted by Crippen LogP contribution is -2.39. The predicted octanol–water partition coefficient (Wildman–Crippen LogP) is 3.98. The van der Waals surface area contributed by atoms with Gasteiger partial charge in [0.25, 0.3) is 10.0 Å². The number of nitrogens with zero attached hydrogens (tertiary/aromatic N) is 1. The molecule has 10 heteroatoms. The second-order valence-corrected chi connectivity index (χ2v) is 8.11. The van der Waals surface area contributed by atoms with Crippen LogP contribution in [0.2, 0.25) is 20.1 Å². The van der Waals surface area contributed by atoms with Gasteiger partial charge in [-0.15, -0.1) is 0 Å². The zero-order valence-electron chi connectivity index (χ0n) is 11.8. The smallest absolute Gasteiger partial charge is 0.266 e. The molecule has 0 unspecified atom stereocenters. The molecule has 2 N–H and O–H groups in total. The standard InChI is InChI=1S/C14H10Cl4N2O3S/c15-8-4-5-9(16)12(6-8)24(22,23)20(7-13(19)21)14-10(17)2-1-3-11(14)18/h1-6H,7H2,(H2,19,21). The van der Waals surface area contributed by atoms with Crippen molar-refractivity contribution in [3.05, 3.63) is 56.5 Å². The van der Waals surface area contributed by atoms with E-state index in [9.17, 15) is 13.2 Å². The highest BCUT2D eigenvalue weighted by atomic mass is 35.5. The summed E-state index contributed by atoms with van der Waals surface area (Å²) in [4.78, 5) is 11.1. The molecule has 2 aromatic carbocycles. The number of sulfonamides is 1. The van der Waals surface area contributed by atoms with Gasteiger partial charge in [-0.2, -0.15) is 0 Å². The quantitative estimate of drug-likeness (QED) is 0.783. The summed E-state index contributed by atoms with van der Waals surface area (Å²) in [5.41, 5.74) is 5.11. The van der Waals surface area contributed by atoms with Crippen molar-refractivity contribution in [1.29, 1.82) is 0 Å². The number of halogens is 4. The number of anilines is 1. The number of rotatable bonds is 5. The second-order valence-electron chi connectivity index (χ2n) is 4.62. The molecule has 5 nitrogen and oxygen atoms in total. The third-order valence-corrected chi connectivity index (χ3v) is 6.02. The van der Waals surface area contributed by atoms with Gasteiger partial charge in [-0.05, 0) is 30.3 Å². The number of hydrogen-bond acceptors (Lipinski definition) is 3. The molecule has 0 fully saturated rings. The Morgan fingerprint density at radius 2 is 1.58 bits per heavy atom. The molecule has 0 heterocycles. The Kier molecular flexibility index (Phi) is 5.88. The molecule has 0 aliphatic heterocycles. The Balaban J connectivity index is 2.72. The van der Waals surface area contributed by atoms with Crippen molar-refractivity contribution in [2.45, 2.75) is 4.90 Å². The van der Waals surface area contributed by atoms with Gasteiger partial charge in [-0.25, -0.2) is 8.42 Å². The maximum absolute atomic E-state index is 13.0. The summed E-state index contributed by atoms with van der Waals surface area (Å²) in [7, 11) is -4.30. The highest BCUT2D eigenvalue weighted by Gasteiger charge is 2.31. The van der Waals surface area contributed by atoms with Crippen LogP contribution in [0, 0.1) is 0 Å². The molecule has 0 saturated carbocycles. The summed E-state index contributed by atoms with van der Waals surface area (Å²) in [5.74, 6) is -0.896. The topological polar surface area (TPSA) is 80.5 Å². The molecule has 0 atom stereocenters. The van der Waals surface area contributed by atoms with Crippen molar-refractivity contribution >= 4 is 68.0 Å². The van der Waals surface area contributed by atoms with Crippen molar-refractivity contribution < 1.29 is 13.2 Å². The predicted molar refractivity (Wildman–Crippen MR) is 96.7 cm³/mol. The van der Waals surface area contributed by atoms with Crippen LogP contribution in [0.4, 0.5) is 5.69 Å². The van der Waals surface area contributed by atoms with E-state index in [2.05, 4.69) is 0 Å². The molecule has 2 aromatic rings. The lowest BCUT2D eigenvalue weighted by Gasteiger charge is -2.25. The molecule has 1 amide bonds. The van der Waals surface area contributed by atoms with Gasteiger partial charge in [0.15, 0.2) is 0 Å². The zero-order chi connectivity index (χ0) is 18.1. The van der Waals surface area contributed by atoms with Gasteiger partial charge >= 0.3 is 0 Å². The Labute approximate surface area is 158 Å². The van der Waals surface area contributed by atoms with Crippen LogP contribution >= 0.6 is 46.4 Å². The first-order chi connectivity index (χ1) is 11.1. The van der Waals surface area contributed by atoms with Gasteiger partial charge in [0, 0.05) is 5.02 Å². The molecule has 0 aliphatic rings. The number of nitrogens with two attached hydrogens (primary N) is 1. The lowest BCUT2D eigenvalue weighted by molar-refractivity contribution is -0.116. The van der Waals surface area contributed by atoms with Crippen molar-refractivity contribution in [3.63, 3.8) is 0 Å². The Bertz CT molecular complexity index is 883. The van der Waals surface area contributed by atoms with E-state index in [1.54, 1.807) is 0 Å². The van der Waals surface area contributed by atoms with E-state index < -0.39 is 22.5 Å². The van der Waals surface area contributed by atoms with E-state index in [4.69, 9.17) is 52.1 Å². The minimum Gasteiger partial charge on any atom is -0.368 e. The molecular formula is C14H10Cl4N2O3S. The first-order valence-electron chi connectivity index (χ1n) is 6.34. The Morgan fingerprint density at radius 3 is 2.12 bits per heavy atom. The van der Waals surface area contributed by atoms with Crippen LogP contribution in [0.3, 0.4) is 0 Å². The molecular weight excluding hydrogens is 418 g/mol. The molecule has 0 aliphatic carbocycles. The third kappa shape index (κ3) is 3.90. The number of carbonyl (C=O) groups is 1. The highest BCUT2D eigenvalue weighted by molar-refractivity contribution is 7.93. The van der Waals surface area contributed by atoms with Crippen LogP contribution < -0.4 is 10.0 Å². The fraction of sp³-hybridized carbons (Fsp3) is 0.0714. The summed E-state index contributed by atoms with van der Waals surface area (Å²) in [5, 5.41) is 0.148. The Hall–Kier alpha value is -1.18. The van der Waals surface area contributed by atoms with Gasteiger partial charge < -0.3 is 5.73 Å². The zero-order valence-corrected chi connectivity index (χ0v) is 15.7. The lowest BCUT2D eigenvalue weighted by atomic mass is 10.3. The minimum absolute atomic E-state index is 0.0328. The van der Waals surface area contributed by atoms with Crippen molar-refractivity contribution in [2.75, 3.05) is 10.8 Å². The fourth-order valence-electron chi connectivity index (χ4n) is 1.95. The van der Waals surface area contributed by atoms with Gasteiger partial charge in [0.05, 0.1) is 20.8 Å². The highest BCUT2D eigenvalue weighted by Crippen LogP contribution is 2.38. The SMILES string of the molecule is NC(=O)CN(c1c(Cl)cccc1Cl)S(=O)(=O)c1cc(Cl)ccc1Cl. The van der Waals surface area contributed by atoms with E-state index in [-0.39, 0.29) is 30.7 Å². The number of para-hydroxylation sites is 1. The summed E-state index contributed by atoms with van der Waals surface area (Å²) in [6, 6.07) is 8.34. The summed E-state index contributed by atoms with van der Waals surface area (Å²) < 4.78 is 26.7. The first kappa shape index (κ1) is 19.1. The van der Waals surface area contributed by atoms with E-state index in [1.807, 2.05) is 0 Å². The third-order valence-electron chi connectivity index (χ3n) is 2.95. The monoisotopic (exact) mass is 426 g/mol. The maximum Gasteiger partial charge on any atom is 0.266 e. The number of hydrogen-bond donors (Lipinski definition) is 1. The molecule has 0 spiro atoms. The molecule has 0 bridgehead atoms. The number of carbonyl (C=O) groups excluding carboxylic acids is 1. The van der Waals surface area contributed by atoms with Crippen molar-refractivity contribution in [1.82, 2.24) is 0 Å².